The Kier molecular flexibility index (Phi) is 7.38. The van der Waals surface area contributed by atoms with E-state index in [0.717, 1.165) is 18.4 Å². The summed E-state index contributed by atoms with van der Waals surface area (Å²) in [6.07, 6.45) is 8.33. The van der Waals surface area contributed by atoms with E-state index in [0.29, 0.717) is 17.9 Å². The molecule has 0 saturated heterocycles. The summed E-state index contributed by atoms with van der Waals surface area (Å²) in [5, 5.41) is 0. The third-order valence-electron chi connectivity index (χ3n) is 3.35. The summed E-state index contributed by atoms with van der Waals surface area (Å²) in [7, 11) is 0. The van der Waals surface area contributed by atoms with Gasteiger partial charge in [-0.25, -0.2) is 4.79 Å². The zero-order valence-electron chi connectivity index (χ0n) is 14.2. The molecule has 0 bridgehead atoms. The van der Waals surface area contributed by atoms with Crippen LogP contribution in [0.15, 0.2) is 54.9 Å². The lowest BCUT2D eigenvalue weighted by Gasteiger charge is -2.07. The minimum absolute atomic E-state index is 0.153. The number of carbonyl (C=O) groups excluding carboxylic acids is 2. The number of hydrogen-bond donors (Lipinski definition) is 0. The number of esters is 1. The van der Waals surface area contributed by atoms with Crippen LogP contribution in [0.2, 0.25) is 0 Å². The molecular formula is C20H21NO4. The van der Waals surface area contributed by atoms with Crippen LogP contribution < -0.4 is 4.74 Å². The highest BCUT2D eigenvalue weighted by molar-refractivity contribution is 6.07. The van der Waals surface area contributed by atoms with Gasteiger partial charge in [0.05, 0.1) is 6.61 Å². The molecule has 0 atom stereocenters. The number of rotatable bonds is 9. The minimum Gasteiger partial charge on any atom is -0.482 e. The van der Waals surface area contributed by atoms with Crippen molar-refractivity contribution >= 4 is 17.8 Å². The molecule has 0 amide bonds. The molecule has 0 radical (unpaired) electrons. The van der Waals surface area contributed by atoms with E-state index in [9.17, 15) is 9.59 Å². The number of ether oxygens (including phenoxy) is 2. The third kappa shape index (κ3) is 6.59. The van der Waals surface area contributed by atoms with Gasteiger partial charge in [-0.15, -0.1) is 0 Å². The zero-order valence-corrected chi connectivity index (χ0v) is 14.2. The fourth-order valence-corrected chi connectivity index (χ4v) is 2.00. The number of ketones is 1. The van der Waals surface area contributed by atoms with Gasteiger partial charge in [0.2, 0.25) is 0 Å². The largest absolute Gasteiger partial charge is 0.482 e. The van der Waals surface area contributed by atoms with Gasteiger partial charge in [0, 0.05) is 18.0 Å². The van der Waals surface area contributed by atoms with Crippen molar-refractivity contribution in [1.29, 1.82) is 0 Å². The second-order valence-electron chi connectivity index (χ2n) is 5.37. The summed E-state index contributed by atoms with van der Waals surface area (Å²) in [6, 6.07) is 10.4. The van der Waals surface area contributed by atoms with Crippen molar-refractivity contribution in [3.8, 4) is 5.75 Å². The lowest BCUT2D eigenvalue weighted by molar-refractivity contribution is -0.146. The van der Waals surface area contributed by atoms with Gasteiger partial charge in [-0.2, -0.15) is 0 Å². The molecule has 25 heavy (non-hydrogen) atoms. The van der Waals surface area contributed by atoms with E-state index < -0.39 is 5.97 Å². The van der Waals surface area contributed by atoms with Gasteiger partial charge in [0.1, 0.15) is 5.75 Å². The first-order valence-electron chi connectivity index (χ1n) is 8.20. The predicted molar refractivity (Wildman–Crippen MR) is 95.4 cm³/mol. The Morgan fingerprint density at radius 1 is 1.20 bits per heavy atom. The third-order valence-corrected chi connectivity index (χ3v) is 3.35. The Morgan fingerprint density at radius 3 is 2.84 bits per heavy atom. The normalized spacial score (nSPS) is 10.6. The second kappa shape index (κ2) is 10.0. The second-order valence-corrected chi connectivity index (χ2v) is 5.37. The molecular weight excluding hydrogens is 318 g/mol. The number of allylic oxidation sites excluding steroid dienone is 1. The standard InChI is InChI=1S/C20H21NO4/c1-2-3-12-24-20(23)15-25-18-8-4-7-17(13-18)19(22)10-9-16-6-5-11-21-14-16/h4-11,13-14H,2-3,12,15H2,1H3/b10-9+. The van der Waals surface area contributed by atoms with Crippen LogP contribution in [0.1, 0.15) is 35.7 Å². The Bertz CT molecular complexity index is 725. The molecule has 1 aromatic carbocycles. The fraction of sp³-hybridized carbons (Fsp3) is 0.250. The van der Waals surface area contributed by atoms with Crippen molar-refractivity contribution in [2.75, 3.05) is 13.2 Å². The lowest BCUT2D eigenvalue weighted by Crippen LogP contribution is -2.15. The van der Waals surface area contributed by atoms with Gasteiger partial charge < -0.3 is 9.47 Å². The maximum atomic E-state index is 12.2. The van der Waals surface area contributed by atoms with E-state index in [4.69, 9.17) is 9.47 Å². The monoisotopic (exact) mass is 339 g/mol. The van der Waals surface area contributed by atoms with Gasteiger partial charge in [0.15, 0.2) is 12.4 Å². The van der Waals surface area contributed by atoms with Crippen LogP contribution in [0.4, 0.5) is 0 Å². The Hall–Kier alpha value is -2.95. The van der Waals surface area contributed by atoms with Gasteiger partial charge >= 0.3 is 5.97 Å². The first-order chi connectivity index (χ1) is 12.2. The van der Waals surface area contributed by atoms with E-state index in [2.05, 4.69) is 4.98 Å². The van der Waals surface area contributed by atoms with Crippen LogP contribution >= 0.6 is 0 Å². The molecule has 2 aromatic rings. The van der Waals surface area contributed by atoms with Crippen LogP contribution in [0, 0.1) is 0 Å². The van der Waals surface area contributed by atoms with Gasteiger partial charge in [0.25, 0.3) is 0 Å². The van der Waals surface area contributed by atoms with Crippen molar-refractivity contribution in [2.24, 2.45) is 0 Å². The number of benzene rings is 1. The first-order valence-corrected chi connectivity index (χ1v) is 8.20. The summed E-state index contributed by atoms with van der Waals surface area (Å²) in [6.45, 7) is 2.25. The smallest absolute Gasteiger partial charge is 0.344 e. The average molecular weight is 339 g/mol. The summed E-state index contributed by atoms with van der Waals surface area (Å²) in [4.78, 5) is 27.8. The Balaban J connectivity index is 1.90. The lowest BCUT2D eigenvalue weighted by atomic mass is 10.1. The summed E-state index contributed by atoms with van der Waals surface area (Å²) >= 11 is 0. The highest BCUT2D eigenvalue weighted by Crippen LogP contribution is 2.15. The highest BCUT2D eigenvalue weighted by Gasteiger charge is 2.07. The number of unbranched alkanes of at least 4 members (excludes halogenated alkanes) is 1. The molecule has 0 aliphatic heterocycles. The molecule has 1 aromatic heterocycles. The summed E-state index contributed by atoms with van der Waals surface area (Å²) in [5.41, 5.74) is 1.33. The van der Waals surface area contributed by atoms with Crippen molar-refractivity contribution in [2.45, 2.75) is 19.8 Å². The van der Waals surface area contributed by atoms with Crippen LogP contribution in [-0.4, -0.2) is 30.0 Å². The maximum Gasteiger partial charge on any atom is 0.344 e. The molecule has 130 valence electrons. The van der Waals surface area contributed by atoms with Crippen molar-refractivity contribution in [1.82, 2.24) is 4.98 Å². The fourth-order valence-electron chi connectivity index (χ4n) is 2.00. The minimum atomic E-state index is -0.415. The zero-order chi connectivity index (χ0) is 17.9. The van der Waals surface area contributed by atoms with Crippen LogP contribution in [0.25, 0.3) is 6.08 Å². The van der Waals surface area contributed by atoms with Crippen molar-refractivity contribution in [3.63, 3.8) is 0 Å². The molecule has 0 spiro atoms. The van der Waals surface area contributed by atoms with Gasteiger partial charge in [-0.3, -0.25) is 9.78 Å². The number of pyridine rings is 1. The molecule has 0 N–H and O–H groups in total. The van der Waals surface area contributed by atoms with Crippen molar-refractivity contribution in [3.05, 3.63) is 66.0 Å². The number of carbonyl (C=O) groups is 2. The molecule has 0 fully saturated rings. The van der Waals surface area contributed by atoms with Gasteiger partial charge in [-0.1, -0.05) is 31.5 Å². The quantitative estimate of drug-likeness (QED) is 0.302. The van der Waals surface area contributed by atoms with E-state index in [-0.39, 0.29) is 12.4 Å². The van der Waals surface area contributed by atoms with Crippen molar-refractivity contribution < 1.29 is 19.1 Å². The average Bonchev–Trinajstić information content (AvgIpc) is 2.66. The molecule has 0 aliphatic carbocycles. The number of aromatic nitrogens is 1. The summed E-state index contributed by atoms with van der Waals surface area (Å²) < 4.78 is 10.4. The molecule has 0 aliphatic rings. The molecule has 0 unspecified atom stereocenters. The van der Waals surface area contributed by atoms with E-state index in [1.54, 1.807) is 48.8 Å². The van der Waals surface area contributed by atoms with Gasteiger partial charge in [-0.05, 0) is 42.3 Å². The Morgan fingerprint density at radius 2 is 2.08 bits per heavy atom. The Labute approximate surface area is 147 Å². The van der Waals surface area contributed by atoms with E-state index in [1.165, 1.54) is 6.08 Å². The molecule has 5 nitrogen and oxygen atoms in total. The summed E-state index contributed by atoms with van der Waals surface area (Å²) in [5.74, 6) is -0.116. The number of nitrogens with zero attached hydrogens (tertiary/aromatic N) is 1. The molecule has 0 saturated carbocycles. The molecule has 2 rings (SSSR count). The van der Waals surface area contributed by atoms with Crippen LogP contribution in [0.3, 0.4) is 0 Å². The molecule has 5 heteroatoms. The van der Waals surface area contributed by atoms with E-state index in [1.807, 2.05) is 13.0 Å². The first kappa shape index (κ1) is 18.4. The predicted octanol–water partition coefficient (Wildman–Crippen LogP) is 3.70. The topological polar surface area (TPSA) is 65.5 Å². The number of hydrogen-bond acceptors (Lipinski definition) is 5. The highest BCUT2D eigenvalue weighted by atomic mass is 16.6. The van der Waals surface area contributed by atoms with Crippen LogP contribution in [-0.2, 0) is 9.53 Å². The maximum absolute atomic E-state index is 12.2. The van der Waals surface area contributed by atoms with Crippen LogP contribution in [0.5, 0.6) is 5.75 Å². The SMILES string of the molecule is CCCCOC(=O)COc1cccc(C(=O)/C=C/c2cccnc2)c1. The molecule has 1 heterocycles. The van der Waals surface area contributed by atoms with E-state index >= 15 is 0 Å².